The summed E-state index contributed by atoms with van der Waals surface area (Å²) in [5.41, 5.74) is 2.18. The molecule has 2 aliphatic rings. The van der Waals surface area contributed by atoms with Crippen molar-refractivity contribution in [3.05, 3.63) is 29.8 Å². The molecular weight excluding hydrogens is 284 g/mol. The summed E-state index contributed by atoms with van der Waals surface area (Å²) in [6.45, 7) is 12.4. The van der Waals surface area contributed by atoms with E-state index in [4.69, 9.17) is 0 Å². The molecule has 1 aromatic rings. The third-order valence-corrected chi connectivity index (χ3v) is 5.63. The molecule has 0 aliphatic carbocycles. The van der Waals surface area contributed by atoms with Gasteiger partial charge in [0.1, 0.15) is 0 Å². The molecule has 2 heterocycles. The van der Waals surface area contributed by atoms with Crippen LogP contribution < -0.4 is 4.90 Å². The van der Waals surface area contributed by atoms with Crippen molar-refractivity contribution < 1.29 is 4.79 Å². The highest BCUT2D eigenvalue weighted by Crippen LogP contribution is 2.52. The standard InChI is InChI=1S/C20H30N2O/c1-14(2)22-12-11-20(17(22)13-19(3,4)5)15-9-7-8-10-16(15)21(6)18(20)23/h7-10,14,17H,11-13H2,1-6H3/t17-,20-/m0/s1. The zero-order valence-corrected chi connectivity index (χ0v) is 15.4. The maximum atomic E-state index is 13.3. The molecule has 1 amide bonds. The van der Waals surface area contributed by atoms with Crippen LogP contribution in [0, 0.1) is 5.41 Å². The number of fused-ring (bicyclic) bond motifs is 2. The Morgan fingerprint density at radius 1 is 1.26 bits per heavy atom. The topological polar surface area (TPSA) is 23.6 Å². The van der Waals surface area contributed by atoms with Gasteiger partial charge in [-0.15, -0.1) is 0 Å². The van der Waals surface area contributed by atoms with Crippen molar-refractivity contribution >= 4 is 11.6 Å². The average molecular weight is 314 g/mol. The number of hydrogen-bond donors (Lipinski definition) is 0. The lowest BCUT2D eigenvalue weighted by molar-refractivity contribution is -0.124. The number of para-hydroxylation sites is 1. The van der Waals surface area contributed by atoms with E-state index < -0.39 is 0 Å². The van der Waals surface area contributed by atoms with Gasteiger partial charge in [-0.05, 0) is 43.7 Å². The third-order valence-electron chi connectivity index (χ3n) is 5.63. The number of likely N-dealkylation sites (tertiary alicyclic amines) is 1. The molecule has 1 spiro atoms. The minimum absolute atomic E-state index is 0.200. The summed E-state index contributed by atoms with van der Waals surface area (Å²) in [6.07, 6.45) is 1.98. The van der Waals surface area contributed by atoms with Crippen molar-refractivity contribution in [2.24, 2.45) is 5.41 Å². The van der Waals surface area contributed by atoms with E-state index in [1.807, 2.05) is 18.0 Å². The van der Waals surface area contributed by atoms with E-state index in [0.29, 0.717) is 6.04 Å². The van der Waals surface area contributed by atoms with E-state index in [-0.39, 0.29) is 22.8 Å². The molecule has 23 heavy (non-hydrogen) atoms. The minimum Gasteiger partial charge on any atom is -0.314 e. The Bertz CT molecular complexity index is 616. The molecule has 3 rings (SSSR count). The first-order valence-corrected chi connectivity index (χ1v) is 8.82. The van der Waals surface area contributed by atoms with Crippen LogP contribution in [0.3, 0.4) is 0 Å². The molecule has 0 aromatic heterocycles. The van der Waals surface area contributed by atoms with Crippen LogP contribution in [-0.4, -0.2) is 36.5 Å². The van der Waals surface area contributed by atoms with Gasteiger partial charge in [0.05, 0.1) is 5.41 Å². The van der Waals surface area contributed by atoms with E-state index in [2.05, 4.69) is 57.7 Å². The Hall–Kier alpha value is -1.35. The van der Waals surface area contributed by atoms with Crippen LogP contribution in [0.4, 0.5) is 5.69 Å². The molecule has 3 heteroatoms. The fourth-order valence-corrected chi connectivity index (χ4v) is 4.63. The Morgan fingerprint density at radius 2 is 1.91 bits per heavy atom. The van der Waals surface area contributed by atoms with Gasteiger partial charge in [-0.2, -0.15) is 0 Å². The minimum atomic E-state index is -0.358. The van der Waals surface area contributed by atoms with Gasteiger partial charge in [-0.3, -0.25) is 9.69 Å². The van der Waals surface area contributed by atoms with Crippen LogP contribution in [-0.2, 0) is 10.2 Å². The van der Waals surface area contributed by atoms with E-state index in [9.17, 15) is 4.79 Å². The van der Waals surface area contributed by atoms with Crippen LogP contribution in [0.2, 0.25) is 0 Å². The number of benzene rings is 1. The molecule has 0 unspecified atom stereocenters. The summed E-state index contributed by atoms with van der Waals surface area (Å²) in [6, 6.07) is 9.13. The molecule has 0 bridgehead atoms. The molecule has 1 saturated heterocycles. The number of nitrogens with zero attached hydrogens (tertiary/aromatic N) is 2. The predicted molar refractivity (Wildman–Crippen MR) is 95.8 cm³/mol. The maximum Gasteiger partial charge on any atom is 0.239 e. The van der Waals surface area contributed by atoms with Crippen LogP contribution in [0.25, 0.3) is 0 Å². The Morgan fingerprint density at radius 3 is 2.52 bits per heavy atom. The van der Waals surface area contributed by atoms with Crippen molar-refractivity contribution in [1.29, 1.82) is 0 Å². The number of carbonyl (C=O) groups excluding carboxylic acids is 1. The highest BCUT2D eigenvalue weighted by Gasteiger charge is 2.59. The monoisotopic (exact) mass is 314 g/mol. The van der Waals surface area contributed by atoms with Gasteiger partial charge in [-0.1, -0.05) is 39.0 Å². The van der Waals surface area contributed by atoms with Crippen molar-refractivity contribution in [1.82, 2.24) is 4.90 Å². The first-order valence-electron chi connectivity index (χ1n) is 8.82. The van der Waals surface area contributed by atoms with Crippen LogP contribution in [0.1, 0.15) is 53.0 Å². The van der Waals surface area contributed by atoms with Crippen molar-refractivity contribution in [3.8, 4) is 0 Å². The fraction of sp³-hybridized carbons (Fsp3) is 0.650. The molecule has 3 nitrogen and oxygen atoms in total. The number of hydrogen-bond acceptors (Lipinski definition) is 2. The van der Waals surface area contributed by atoms with Gasteiger partial charge in [0.25, 0.3) is 0 Å². The smallest absolute Gasteiger partial charge is 0.239 e. The van der Waals surface area contributed by atoms with Crippen molar-refractivity contribution in [3.63, 3.8) is 0 Å². The molecule has 0 saturated carbocycles. The number of amides is 1. The molecular formula is C20H30N2O. The van der Waals surface area contributed by atoms with Gasteiger partial charge >= 0.3 is 0 Å². The third kappa shape index (κ3) is 2.40. The van der Waals surface area contributed by atoms with Crippen molar-refractivity contribution in [2.45, 2.75) is 65.0 Å². The molecule has 2 atom stereocenters. The average Bonchev–Trinajstić information content (AvgIpc) is 2.92. The van der Waals surface area contributed by atoms with Gasteiger partial charge < -0.3 is 4.90 Å². The molecule has 2 aliphatic heterocycles. The molecule has 0 N–H and O–H groups in total. The summed E-state index contributed by atoms with van der Waals surface area (Å²) in [4.78, 5) is 17.8. The zero-order chi connectivity index (χ0) is 17.0. The van der Waals surface area contributed by atoms with Crippen molar-refractivity contribution in [2.75, 3.05) is 18.5 Å². The second-order valence-corrected chi connectivity index (χ2v) is 8.71. The quantitative estimate of drug-likeness (QED) is 0.828. The highest BCUT2D eigenvalue weighted by atomic mass is 16.2. The number of anilines is 1. The lowest BCUT2D eigenvalue weighted by atomic mass is 9.70. The molecule has 126 valence electrons. The Balaban J connectivity index is 2.14. The first-order chi connectivity index (χ1) is 10.7. The van der Waals surface area contributed by atoms with E-state index in [1.165, 1.54) is 5.56 Å². The SMILES string of the molecule is CC(C)N1CC[C@@]2(C(=O)N(C)c3ccccc32)[C@@H]1CC(C)(C)C. The lowest BCUT2D eigenvalue weighted by Crippen LogP contribution is -2.51. The molecule has 1 aromatic carbocycles. The zero-order valence-electron chi connectivity index (χ0n) is 15.4. The van der Waals surface area contributed by atoms with E-state index >= 15 is 0 Å². The van der Waals surface area contributed by atoms with Gasteiger partial charge in [0, 0.05) is 31.4 Å². The van der Waals surface area contributed by atoms with Crippen LogP contribution in [0.15, 0.2) is 24.3 Å². The second kappa shape index (κ2) is 5.34. The predicted octanol–water partition coefficient (Wildman–Crippen LogP) is 3.82. The Labute approximate surface area is 140 Å². The van der Waals surface area contributed by atoms with E-state index in [1.54, 1.807) is 0 Å². The molecule has 0 radical (unpaired) electrons. The van der Waals surface area contributed by atoms with Crippen LogP contribution >= 0.6 is 0 Å². The summed E-state index contributed by atoms with van der Waals surface area (Å²) in [5, 5.41) is 0. The molecule has 1 fully saturated rings. The number of likely N-dealkylation sites (N-methyl/N-ethyl adjacent to an activating group) is 1. The summed E-state index contributed by atoms with van der Waals surface area (Å²) >= 11 is 0. The second-order valence-electron chi connectivity index (χ2n) is 8.71. The number of carbonyl (C=O) groups is 1. The van der Waals surface area contributed by atoms with Gasteiger partial charge in [0.2, 0.25) is 5.91 Å². The lowest BCUT2D eigenvalue weighted by Gasteiger charge is -2.40. The summed E-state index contributed by atoms with van der Waals surface area (Å²) in [7, 11) is 1.93. The van der Waals surface area contributed by atoms with E-state index in [0.717, 1.165) is 25.1 Å². The number of rotatable bonds is 2. The van der Waals surface area contributed by atoms with Crippen LogP contribution in [0.5, 0.6) is 0 Å². The van der Waals surface area contributed by atoms with Gasteiger partial charge in [-0.25, -0.2) is 0 Å². The Kier molecular flexibility index (Phi) is 3.83. The van der Waals surface area contributed by atoms with Gasteiger partial charge in [0.15, 0.2) is 0 Å². The summed E-state index contributed by atoms with van der Waals surface area (Å²) < 4.78 is 0. The largest absolute Gasteiger partial charge is 0.314 e. The highest BCUT2D eigenvalue weighted by molar-refractivity contribution is 6.08. The maximum absolute atomic E-state index is 13.3. The fourth-order valence-electron chi connectivity index (χ4n) is 4.63. The summed E-state index contributed by atoms with van der Waals surface area (Å²) in [5.74, 6) is 0.288. The normalized spacial score (nSPS) is 28.2. The first kappa shape index (κ1) is 16.5.